The Bertz CT molecular complexity index is 365. The Morgan fingerprint density at radius 1 is 1.27 bits per heavy atom. The summed E-state index contributed by atoms with van der Waals surface area (Å²) in [6, 6.07) is 6.64. The van der Waals surface area contributed by atoms with Crippen molar-refractivity contribution in [3.63, 3.8) is 0 Å². The zero-order chi connectivity index (χ0) is 11.4. The van der Waals surface area contributed by atoms with Gasteiger partial charge in [-0.1, -0.05) is 17.7 Å². The van der Waals surface area contributed by atoms with E-state index in [1.54, 1.807) is 0 Å². The maximum absolute atomic E-state index is 9.14. The van der Waals surface area contributed by atoms with E-state index < -0.39 is 0 Å². The standard InChI is InChI=1S/C13H18N2/c1-9-5-10(2)13(11(3)6-9)12(7-14)8-15-4/h5-6,12,15H,8H2,1-4H3. The molecule has 0 heterocycles. The molecule has 0 aliphatic rings. The fourth-order valence-electron chi connectivity index (χ4n) is 2.16. The van der Waals surface area contributed by atoms with E-state index in [0.29, 0.717) is 6.54 Å². The molecule has 0 bridgehead atoms. The van der Waals surface area contributed by atoms with Crippen LogP contribution in [-0.2, 0) is 0 Å². The molecule has 1 N–H and O–H groups in total. The minimum absolute atomic E-state index is 0.0457. The second-order valence-electron chi connectivity index (χ2n) is 4.05. The molecule has 0 aliphatic carbocycles. The van der Waals surface area contributed by atoms with Crippen LogP contribution in [0.3, 0.4) is 0 Å². The molecule has 0 saturated heterocycles. The molecule has 0 radical (unpaired) electrons. The van der Waals surface area contributed by atoms with Gasteiger partial charge >= 0.3 is 0 Å². The highest BCUT2D eigenvalue weighted by atomic mass is 14.8. The van der Waals surface area contributed by atoms with Gasteiger partial charge in [-0.15, -0.1) is 0 Å². The van der Waals surface area contributed by atoms with Gasteiger partial charge in [0.05, 0.1) is 12.0 Å². The van der Waals surface area contributed by atoms with Crippen LogP contribution >= 0.6 is 0 Å². The molecule has 1 unspecified atom stereocenters. The third-order valence-electron chi connectivity index (χ3n) is 2.65. The van der Waals surface area contributed by atoms with Crippen LogP contribution in [0.1, 0.15) is 28.2 Å². The van der Waals surface area contributed by atoms with Crippen molar-refractivity contribution in [1.29, 1.82) is 5.26 Å². The number of nitriles is 1. The van der Waals surface area contributed by atoms with Gasteiger partial charge in [-0.3, -0.25) is 0 Å². The predicted octanol–water partition coefficient (Wildman–Crippen LogP) is 2.44. The summed E-state index contributed by atoms with van der Waals surface area (Å²) < 4.78 is 0. The minimum atomic E-state index is -0.0457. The molecular weight excluding hydrogens is 184 g/mol. The maximum Gasteiger partial charge on any atom is 0.0842 e. The highest BCUT2D eigenvalue weighted by Gasteiger charge is 2.14. The minimum Gasteiger partial charge on any atom is -0.318 e. The van der Waals surface area contributed by atoms with Crippen molar-refractivity contribution in [2.24, 2.45) is 0 Å². The Hall–Kier alpha value is -1.33. The molecule has 15 heavy (non-hydrogen) atoms. The van der Waals surface area contributed by atoms with Crippen LogP contribution in [0.15, 0.2) is 12.1 Å². The molecule has 0 saturated carbocycles. The Balaban J connectivity index is 3.18. The van der Waals surface area contributed by atoms with Crippen molar-refractivity contribution < 1.29 is 0 Å². The molecule has 0 aromatic heterocycles. The van der Waals surface area contributed by atoms with Gasteiger partial charge in [-0.2, -0.15) is 5.26 Å². The molecule has 0 amide bonds. The molecule has 2 nitrogen and oxygen atoms in total. The third-order valence-corrected chi connectivity index (χ3v) is 2.65. The van der Waals surface area contributed by atoms with E-state index in [2.05, 4.69) is 44.3 Å². The van der Waals surface area contributed by atoms with Gasteiger partial charge in [0.15, 0.2) is 0 Å². The van der Waals surface area contributed by atoms with E-state index in [1.807, 2.05) is 7.05 Å². The van der Waals surface area contributed by atoms with E-state index >= 15 is 0 Å². The predicted molar refractivity (Wildman–Crippen MR) is 62.9 cm³/mol. The number of rotatable bonds is 3. The number of benzene rings is 1. The number of hydrogen-bond acceptors (Lipinski definition) is 2. The van der Waals surface area contributed by atoms with Gasteiger partial charge < -0.3 is 5.32 Å². The van der Waals surface area contributed by atoms with E-state index in [-0.39, 0.29) is 5.92 Å². The zero-order valence-corrected chi connectivity index (χ0v) is 9.89. The normalized spacial score (nSPS) is 12.2. The quantitative estimate of drug-likeness (QED) is 0.817. The summed E-state index contributed by atoms with van der Waals surface area (Å²) >= 11 is 0. The van der Waals surface area contributed by atoms with E-state index in [0.717, 1.165) is 0 Å². The Morgan fingerprint density at radius 3 is 2.20 bits per heavy atom. The summed E-state index contributed by atoms with van der Waals surface area (Å²) in [6.07, 6.45) is 0. The first-order chi connectivity index (χ1) is 7.10. The summed E-state index contributed by atoms with van der Waals surface area (Å²) in [7, 11) is 1.88. The Kier molecular flexibility index (Phi) is 3.88. The topological polar surface area (TPSA) is 35.8 Å². The second-order valence-corrected chi connectivity index (χ2v) is 4.05. The largest absolute Gasteiger partial charge is 0.318 e. The van der Waals surface area contributed by atoms with E-state index in [9.17, 15) is 0 Å². The molecule has 1 atom stereocenters. The van der Waals surface area contributed by atoms with Crippen LogP contribution in [0.5, 0.6) is 0 Å². The Morgan fingerprint density at radius 2 is 1.80 bits per heavy atom. The lowest BCUT2D eigenvalue weighted by atomic mass is 9.90. The lowest BCUT2D eigenvalue weighted by molar-refractivity contribution is 0.726. The Labute approximate surface area is 91.9 Å². The monoisotopic (exact) mass is 202 g/mol. The lowest BCUT2D eigenvalue weighted by Gasteiger charge is -2.16. The van der Waals surface area contributed by atoms with Crippen LogP contribution in [0.25, 0.3) is 0 Å². The number of likely N-dealkylation sites (N-methyl/N-ethyl adjacent to an activating group) is 1. The molecule has 1 aromatic carbocycles. The highest BCUT2D eigenvalue weighted by molar-refractivity contribution is 5.42. The molecule has 0 fully saturated rings. The summed E-state index contributed by atoms with van der Waals surface area (Å²) in [5, 5.41) is 12.2. The molecule has 1 rings (SSSR count). The third kappa shape index (κ3) is 2.57. The number of nitrogens with zero attached hydrogens (tertiary/aromatic N) is 1. The molecule has 80 valence electrons. The smallest absolute Gasteiger partial charge is 0.0842 e. The second kappa shape index (κ2) is 4.95. The number of hydrogen-bond donors (Lipinski definition) is 1. The van der Waals surface area contributed by atoms with Crippen molar-refractivity contribution in [2.45, 2.75) is 26.7 Å². The van der Waals surface area contributed by atoms with Crippen LogP contribution in [-0.4, -0.2) is 13.6 Å². The van der Waals surface area contributed by atoms with Gasteiger partial charge in [-0.05, 0) is 44.5 Å². The fraction of sp³-hybridized carbons (Fsp3) is 0.462. The maximum atomic E-state index is 9.14. The van der Waals surface area contributed by atoms with Crippen molar-refractivity contribution in [3.8, 4) is 6.07 Å². The fourth-order valence-corrected chi connectivity index (χ4v) is 2.16. The van der Waals surface area contributed by atoms with Crippen molar-refractivity contribution >= 4 is 0 Å². The molecule has 0 aliphatic heterocycles. The summed E-state index contributed by atoms with van der Waals surface area (Å²) in [6.45, 7) is 6.95. The SMILES string of the molecule is CNCC(C#N)c1c(C)cc(C)cc1C. The first kappa shape index (κ1) is 11.7. The summed E-state index contributed by atoms with van der Waals surface area (Å²) in [5.41, 5.74) is 4.87. The summed E-state index contributed by atoms with van der Waals surface area (Å²) in [5.74, 6) is -0.0457. The van der Waals surface area contributed by atoms with Gasteiger partial charge in [0.2, 0.25) is 0 Å². The zero-order valence-electron chi connectivity index (χ0n) is 9.89. The van der Waals surface area contributed by atoms with Crippen molar-refractivity contribution in [2.75, 3.05) is 13.6 Å². The highest BCUT2D eigenvalue weighted by Crippen LogP contribution is 2.24. The molecule has 2 heteroatoms. The van der Waals surface area contributed by atoms with Crippen LogP contribution in [0, 0.1) is 32.1 Å². The van der Waals surface area contributed by atoms with Gasteiger partial charge in [0.1, 0.15) is 0 Å². The molecule has 0 spiro atoms. The van der Waals surface area contributed by atoms with Crippen LogP contribution < -0.4 is 5.32 Å². The van der Waals surface area contributed by atoms with Crippen LogP contribution in [0.2, 0.25) is 0 Å². The van der Waals surface area contributed by atoms with E-state index in [4.69, 9.17) is 5.26 Å². The van der Waals surface area contributed by atoms with Crippen molar-refractivity contribution in [3.05, 3.63) is 34.4 Å². The van der Waals surface area contributed by atoms with E-state index in [1.165, 1.54) is 22.3 Å². The van der Waals surface area contributed by atoms with Gasteiger partial charge in [0.25, 0.3) is 0 Å². The van der Waals surface area contributed by atoms with Crippen LogP contribution in [0.4, 0.5) is 0 Å². The van der Waals surface area contributed by atoms with Gasteiger partial charge in [-0.25, -0.2) is 0 Å². The van der Waals surface area contributed by atoms with Crippen molar-refractivity contribution in [1.82, 2.24) is 5.32 Å². The molecule has 1 aromatic rings. The first-order valence-corrected chi connectivity index (χ1v) is 5.22. The average Bonchev–Trinajstić information content (AvgIpc) is 2.14. The summed E-state index contributed by atoms with van der Waals surface area (Å²) in [4.78, 5) is 0. The number of aryl methyl sites for hydroxylation is 3. The first-order valence-electron chi connectivity index (χ1n) is 5.22. The van der Waals surface area contributed by atoms with Gasteiger partial charge in [0, 0.05) is 6.54 Å². The number of nitrogens with one attached hydrogen (secondary N) is 1. The molecular formula is C13H18N2. The lowest BCUT2D eigenvalue weighted by Crippen LogP contribution is -2.17. The average molecular weight is 202 g/mol.